The normalized spacial score (nSPS) is 21.6. The van der Waals surface area contributed by atoms with Gasteiger partial charge in [-0.2, -0.15) is 9.29 Å². The molecule has 2 aromatic heterocycles. The molecule has 6 rings (SSSR count). The van der Waals surface area contributed by atoms with Gasteiger partial charge in [-0.1, -0.05) is 29.4 Å². The summed E-state index contributed by atoms with van der Waals surface area (Å²) in [4.78, 5) is 25.0. The lowest BCUT2D eigenvalue weighted by atomic mass is 9.94. The van der Waals surface area contributed by atoms with E-state index in [1.807, 2.05) is 23.1 Å². The summed E-state index contributed by atoms with van der Waals surface area (Å²) in [5.41, 5.74) is 9.00. The van der Waals surface area contributed by atoms with E-state index in [2.05, 4.69) is 20.8 Å². The topological polar surface area (TPSA) is 150 Å². The number of likely N-dealkylation sites (tertiary alicyclic amines) is 1. The maximum Gasteiger partial charge on any atom is 0.243 e. The highest BCUT2D eigenvalue weighted by molar-refractivity contribution is 7.89. The van der Waals surface area contributed by atoms with Crippen molar-refractivity contribution in [3.05, 3.63) is 60.2 Å². The summed E-state index contributed by atoms with van der Waals surface area (Å²) in [7, 11) is -2.20. The van der Waals surface area contributed by atoms with Crippen LogP contribution >= 0.6 is 0 Å². The number of aromatic nitrogens is 4. The van der Waals surface area contributed by atoms with Gasteiger partial charge < -0.3 is 24.5 Å². The maximum atomic E-state index is 13.9. The van der Waals surface area contributed by atoms with E-state index < -0.39 is 22.0 Å². The van der Waals surface area contributed by atoms with Crippen molar-refractivity contribution >= 4 is 27.0 Å². The van der Waals surface area contributed by atoms with Crippen LogP contribution in [0.2, 0.25) is 0 Å². The highest BCUT2D eigenvalue weighted by atomic mass is 32.2. The summed E-state index contributed by atoms with van der Waals surface area (Å²) >= 11 is 0. The molecular formula is C30H37N7O5S. The third-order valence-corrected chi connectivity index (χ3v) is 10.2. The molecule has 0 radical (unpaired) electrons. The number of para-hydroxylation sites is 2. The van der Waals surface area contributed by atoms with E-state index in [1.165, 1.54) is 16.4 Å². The predicted octanol–water partition coefficient (Wildman–Crippen LogP) is 2.79. The first kappa shape index (κ1) is 29.4. The average molecular weight is 608 g/mol. The number of nitrogens with two attached hydrogens (primary N) is 1. The molecule has 4 heterocycles. The van der Waals surface area contributed by atoms with Crippen LogP contribution in [0.5, 0.6) is 0 Å². The quantitative estimate of drug-likeness (QED) is 0.283. The summed E-state index contributed by atoms with van der Waals surface area (Å²) < 4.78 is 41.2. The molecule has 0 bridgehead atoms. The molecule has 228 valence electrons. The highest BCUT2D eigenvalue weighted by Crippen LogP contribution is 2.32. The van der Waals surface area contributed by atoms with Crippen molar-refractivity contribution in [3.8, 4) is 11.4 Å². The second-order valence-electron chi connectivity index (χ2n) is 11.3. The second-order valence-corrected chi connectivity index (χ2v) is 13.3. The van der Waals surface area contributed by atoms with E-state index in [4.69, 9.17) is 20.0 Å². The first-order valence-electron chi connectivity index (χ1n) is 14.7. The van der Waals surface area contributed by atoms with E-state index in [0.717, 1.165) is 42.7 Å². The van der Waals surface area contributed by atoms with Crippen molar-refractivity contribution in [2.45, 2.75) is 49.6 Å². The summed E-state index contributed by atoms with van der Waals surface area (Å²) in [6, 6.07) is 13.9. The number of hydrogen-bond donors (Lipinski definition) is 1. The van der Waals surface area contributed by atoms with Crippen LogP contribution in [0.1, 0.15) is 36.9 Å². The number of fused-ring (bicyclic) bond motifs is 1. The number of rotatable bonds is 9. The van der Waals surface area contributed by atoms with Gasteiger partial charge in [-0.05, 0) is 43.5 Å². The molecular weight excluding hydrogens is 570 g/mol. The van der Waals surface area contributed by atoms with Crippen LogP contribution in [-0.4, -0.2) is 89.2 Å². The minimum absolute atomic E-state index is 0.0323. The van der Waals surface area contributed by atoms with Crippen molar-refractivity contribution in [1.29, 1.82) is 0 Å². The Hall–Kier alpha value is -3.65. The van der Waals surface area contributed by atoms with Crippen LogP contribution in [0.15, 0.2) is 57.9 Å². The molecule has 0 spiro atoms. The van der Waals surface area contributed by atoms with Crippen LogP contribution in [0.3, 0.4) is 0 Å². The Labute approximate surface area is 250 Å². The molecule has 2 N–H and O–H groups in total. The van der Waals surface area contributed by atoms with E-state index >= 15 is 0 Å². The largest absolute Gasteiger partial charge is 0.385 e. The summed E-state index contributed by atoms with van der Waals surface area (Å²) in [5.74, 6) is 1.02. The van der Waals surface area contributed by atoms with Gasteiger partial charge in [-0.3, -0.25) is 4.79 Å². The molecule has 1 amide bonds. The average Bonchev–Trinajstić information content (AvgIpc) is 3.74. The van der Waals surface area contributed by atoms with Crippen LogP contribution in [-0.2, 0) is 26.1 Å². The lowest BCUT2D eigenvalue weighted by Crippen LogP contribution is -2.47. The number of ether oxygens (including phenoxy) is 1. The van der Waals surface area contributed by atoms with Gasteiger partial charge in [-0.25, -0.2) is 13.4 Å². The Kier molecular flexibility index (Phi) is 8.32. The molecule has 12 nitrogen and oxygen atoms in total. The smallest absolute Gasteiger partial charge is 0.243 e. The first-order valence-corrected chi connectivity index (χ1v) is 16.1. The van der Waals surface area contributed by atoms with Crippen molar-refractivity contribution in [1.82, 2.24) is 28.9 Å². The molecule has 0 unspecified atom stereocenters. The third kappa shape index (κ3) is 5.81. The van der Waals surface area contributed by atoms with E-state index in [0.29, 0.717) is 37.0 Å². The number of hydrogen-bond acceptors (Lipinski definition) is 9. The zero-order valence-corrected chi connectivity index (χ0v) is 25.2. The number of sulfonamides is 1. The predicted molar refractivity (Wildman–Crippen MR) is 159 cm³/mol. The molecule has 3 atom stereocenters. The lowest BCUT2D eigenvalue weighted by Gasteiger charge is -2.35. The Morgan fingerprint density at radius 2 is 1.95 bits per heavy atom. The van der Waals surface area contributed by atoms with Gasteiger partial charge in [-0.15, -0.1) is 0 Å². The second kappa shape index (κ2) is 12.2. The summed E-state index contributed by atoms with van der Waals surface area (Å²) in [5, 5.41) is 3.89. The van der Waals surface area contributed by atoms with Crippen LogP contribution in [0.4, 0.5) is 0 Å². The summed E-state index contributed by atoms with van der Waals surface area (Å²) in [6.07, 6.45) is 2.62. The maximum absolute atomic E-state index is 13.9. The molecule has 13 heteroatoms. The van der Waals surface area contributed by atoms with E-state index in [9.17, 15) is 13.2 Å². The van der Waals surface area contributed by atoms with E-state index in [1.54, 1.807) is 26.2 Å². The zero-order valence-electron chi connectivity index (χ0n) is 24.4. The minimum atomic E-state index is -3.90. The number of benzene rings is 2. The Balaban J connectivity index is 1.18. The molecule has 43 heavy (non-hydrogen) atoms. The van der Waals surface area contributed by atoms with Crippen LogP contribution in [0.25, 0.3) is 22.4 Å². The fraction of sp³-hybridized carbons (Fsp3) is 0.467. The van der Waals surface area contributed by atoms with Gasteiger partial charge in [0.1, 0.15) is 5.82 Å². The highest BCUT2D eigenvalue weighted by Gasteiger charge is 2.43. The molecule has 2 fully saturated rings. The van der Waals surface area contributed by atoms with Crippen molar-refractivity contribution in [2.75, 3.05) is 39.9 Å². The van der Waals surface area contributed by atoms with Crippen LogP contribution in [0, 0.1) is 12.8 Å². The third-order valence-electron chi connectivity index (χ3n) is 8.42. The number of imidazole rings is 1. The number of nitrogens with zero attached hydrogens (tertiary/aromatic N) is 6. The van der Waals surface area contributed by atoms with Crippen LogP contribution < -0.4 is 5.73 Å². The molecule has 2 saturated heterocycles. The van der Waals surface area contributed by atoms with Gasteiger partial charge >= 0.3 is 0 Å². The number of carbonyl (C=O) groups is 1. The molecule has 0 saturated carbocycles. The molecule has 2 aliphatic rings. The fourth-order valence-corrected chi connectivity index (χ4v) is 7.79. The van der Waals surface area contributed by atoms with Crippen molar-refractivity contribution in [2.24, 2.45) is 11.7 Å². The van der Waals surface area contributed by atoms with E-state index in [-0.39, 0.29) is 29.8 Å². The van der Waals surface area contributed by atoms with Crippen molar-refractivity contribution < 1.29 is 22.5 Å². The van der Waals surface area contributed by atoms with Gasteiger partial charge in [0.15, 0.2) is 0 Å². The van der Waals surface area contributed by atoms with Crippen molar-refractivity contribution in [3.63, 3.8) is 0 Å². The molecule has 0 aliphatic carbocycles. The number of piperidine rings is 1. The summed E-state index contributed by atoms with van der Waals surface area (Å²) in [6.45, 7) is 4.34. The number of aryl methyl sites for hydroxylation is 2. The SMILES string of the molecule is COCCCn1c([C@@H]2CCCN(C(=O)[C@@H]3CN(S(=O)(=O)c4cccc(-c5noc(C)n5)c4)C[C@H]3N)C2)nc2ccccc21. The first-order chi connectivity index (χ1) is 20.8. The molecule has 4 aromatic rings. The Morgan fingerprint density at radius 1 is 1.12 bits per heavy atom. The molecule has 2 aliphatic heterocycles. The molecule has 2 aromatic carbocycles. The number of methoxy groups -OCH3 is 1. The van der Waals surface area contributed by atoms with Gasteiger partial charge in [0.25, 0.3) is 0 Å². The number of amides is 1. The Bertz CT molecular complexity index is 1720. The minimum Gasteiger partial charge on any atom is -0.385 e. The van der Waals surface area contributed by atoms with Gasteiger partial charge in [0, 0.05) is 70.9 Å². The monoisotopic (exact) mass is 607 g/mol. The van der Waals surface area contributed by atoms with Gasteiger partial charge in [0.05, 0.1) is 21.8 Å². The zero-order chi connectivity index (χ0) is 30.1. The lowest BCUT2D eigenvalue weighted by molar-refractivity contribution is -0.136. The number of carbonyl (C=O) groups excluding carboxylic acids is 1. The Morgan fingerprint density at radius 3 is 2.74 bits per heavy atom. The fourth-order valence-electron chi connectivity index (χ4n) is 6.24. The standard InChI is InChI=1S/C30H37N7O5S/c1-20-32-28(34-42-20)21-8-5-10-23(16-21)43(39,40)36-18-24(25(31)19-36)30(38)35-13-6-9-22(17-35)29-33-26-11-3-4-12-27(26)37(29)14-7-15-41-2/h3-5,8,10-12,16,22,24-25H,6-7,9,13-15,17-19,31H2,1-2H3/t22-,24-,25-/m1/s1. The van der Waals surface area contributed by atoms with Gasteiger partial charge in [0.2, 0.25) is 27.6 Å².